The van der Waals surface area contributed by atoms with Crippen molar-refractivity contribution in [1.29, 1.82) is 0 Å². The van der Waals surface area contributed by atoms with Crippen molar-refractivity contribution in [3.8, 4) is 0 Å². The number of hydrogen-bond donors (Lipinski definition) is 1. The number of rotatable bonds is 4. The predicted molar refractivity (Wildman–Crippen MR) is 73.6 cm³/mol. The molecule has 1 nitrogen and oxygen atoms in total. The molecule has 1 N–H and O–H groups in total. The van der Waals surface area contributed by atoms with Gasteiger partial charge >= 0.3 is 0 Å². The van der Waals surface area contributed by atoms with E-state index >= 15 is 0 Å². The lowest BCUT2D eigenvalue weighted by Crippen LogP contribution is -2.43. The Labute approximate surface area is 106 Å². The molecule has 86 valence electrons. The van der Waals surface area contributed by atoms with Crippen LogP contribution in [-0.4, -0.2) is 30.3 Å². The number of hydrogen-bond acceptors (Lipinski definition) is 3. The summed E-state index contributed by atoms with van der Waals surface area (Å²) in [5.41, 5.74) is 1.59. The first-order valence-corrected chi connectivity index (χ1v) is 8.07. The quantitative estimate of drug-likeness (QED) is 0.884. The molecular formula is C13H17NS2. The highest BCUT2D eigenvalue weighted by atomic mass is 32.2. The van der Waals surface area contributed by atoms with E-state index in [0.29, 0.717) is 0 Å². The Kier molecular flexibility index (Phi) is 3.46. The van der Waals surface area contributed by atoms with Crippen molar-refractivity contribution in [3.63, 3.8) is 0 Å². The van der Waals surface area contributed by atoms with Crippen LogP contribution in [0.5, 0.6) is 0 Å². The van der Waals surface area contributed by atoms with Crippen LogP contribution >= 0.6 is 23.5 Å². The third kappa shape index (κ3) is 2.27. The summed E-state index contributed by atoms with van der Waals surface area (Å²) < 4.78 is 0. The van der Waals surface area contributed by atoms with Gasteiger partial charge in [-0.25, -0.2) is 0 Å². The second-order valence-corrected chi connectivity index (χ2v) is 6.74. The second kappa shape index (κ2) is 5.03. The lowest BCUT2D eigenvalue weighted by molar-refractivity contribution is 0.385. The topological polar surface area (TPSA) is 12.0 Å². The number of benzene rings is 1. The van der Waals surface area contributed by atoms with Gasteiger partial charge in [0, 0.05) is 22.3 Å². The summed E-state index contributed by atoms with van der Waals surface area (Å²) >= 11 is 4.17. The zero-order valence-corrected chi connectivity index (χ0v) is 10.9. The van der Waals surface area contributed by atoms with Crippen LogP contribution in [0.3, 0.4) is 0 Å². The molecule has 2 heterocycles. The number of thioether (sulfide) groups is 2. The molecule has 1 fully saturated rings. The van der Waals surface area contributed by atoms with Crippen LogP contribution in [0.25, 0.3) is 0 Å². The van der Waals surface area contributed by atoms with Crippen LogP contribution in [0, 0.1) is 5.92 Å². The van der Waals surface area contributed by atoms with Gasteiger partial charge < -0.3 is 5.32 Å². The fraction of sp³-hybridized carbons (Fsp3) is 0.538. The van der Waals surface area contributed by atoms with E-state index in [4.69, 9.17) is 0 Å². The molecule has 3 heteroatoms. The van der Waals surface area contributed by atoms with E-state index in [1.165, 1.54) is 35.2 Å². The average Bonchev–Trinajstić information content (AvgIpc) is 2.65. The van der Waals surface area contributed by atoms with Gasteiger partial charge in [-0.05, 0) is 36.4 Å². The van der Waals surface area contributed by atoms with Crippen molar-refractivity contribution in [2.24, 2.45) is 5.92 Å². The smallest absolute Gasteiger partial charge is 0.0108 e. The monoisotopic (exact) mass is 251 g/mol. The first-order valence-electron chi connectivity index (χ1n) is 5.93. The fourth-order valence-corrected chi connectivity index (χ4v) is 4.90. The van der Waals surface area contributed by atoms with E-state index in [2.05, 4.69) is 41.3 Å². The van der Waals surface area contributed by atoms with Gasteiger partial charge in [0.2, 0.25) is 0 Å². The third-order valence-electron chi connectivity index (χ3n) is 3.34. The summed E-state index contributed by atoms with van der Waals surface area (Å²) in [5.74, 6) is 5.67. The van der Waals surface area contributed by atoms with Crippen molar-refractivity contribution < 1.29 is 0 Å². The van der Waals surface area contributed by atoms with Crippen LogP contribution in [0.2, 0.25) is 0 Å². The zero-order chi connectivity index (χ0) is 10.8. The van der Waals surface area contributed by atoms with Crippen LogP contribution in [0.1, 0.15) is 11.5 Å². The molecule has 0 bridgehead atoms. The van der Waals surface area contributed by atoms with E-state index in [-0.39, 0.29) is 0 Å². The summed E-state index contributed by atoms with van der Waals surface area (Å²) in [4.78, 5) is 1.51. The van der Waals surface area contributed by atoms with Gasteiger partial charge in [-0.3, -0.25) is 0 Å². The molecule has 1 saturated heterocycles. The fourth-order valence-electron chi connectivity index (χ4n) is 2.21. The van der Waals surface area contributed by atoms with E-state index in [9.17, 15) is 0 Å². The first kappa shape index (κ1) is 11.0. The Balaban J connectivity index is 1.52. The minimum absolute atomic E-state index is 0.791. The van der Waals surface area contributed by atoms with Crippen molar-refractivity contribution in [2.45, 2.75) is 10.8 Å². The average molecular weight is 251 g/mol. The second-order valence-electron chi connectivity index (χ2n) is 4.61. The van der Waals surface area contributed by atoms with Gasteiger partial charge in [0.1, 0.15) is 0 Å². The number of nitrogens with one attached hydrogen (secondary N) is 1. The molecule has 1 unspecified atom stereocenters. The SMILES string of the molecule is c1ccc2c(c1)SCC2CSCC1CNC1. The molecule has 1 aromatic rings. The maximum absolute atomic E-state index is 3.34. The molecule has 0 radical (unpaired) electrons. The Morgan fingerprint density at radius 1 is 1.25 bits per heavy atom. The van der Waals surface area contributed by atoms with Gasteiger partial charge in [-0.2, -0.15) is 11.8 Å². The molecule has 0 amide bonds. The van der Waals surface area contributed by atoms with Crippen molar-refractivity contribution in [2.75, 3.05) is 30.3 Å². The van der Waals surface area contributed by atoms with Gasteiger partial charge in [0.15, 0.2) is 0 Å². The van der Waals surface area contributed by atoms with Gasteiger partial charge in [0.05, 0.1) is 0 Å². The zero-order valence-electron chi connectivity index (χ0n) is 9.32. The Morgan fingerprint density at radius 3 is 2.94 bits per heavy atom. The molecule has 1 aromatic carbocycles. The van der Waals surface area contributed by atoms with Crippen molar-refractivity contribution >= 4 is 23.5 Å². The van der Waals surface area contributed by atoms with E-state index < -0.39 is 0 Å². The largest absolute Gasteiger partial charge is 0.316 e. The molecule has 0 aromatic heterocycles. The van der Waals surface area contributed by atoms with Gasteiger partial charge in [-0.1, -0.05) is 18.2 Å². The minimum atomic E-state index is 0.791. The highest BCUT2D eigenvalue weighted by Gasteiger charge is 2.23. The van der Waals surface area contributed by atoms with Crippen molar-refractivity contribution in [1.82, 2.24) is 5.32 Å². The summed E-state index contributed by atoms with van der Waals surface area (Å²) in [6.07, 6.45) is 0. The minimum Gasteiger partial charge on any atom is -0.316 e. The van der Waals surface area contributed by atoms with Crippen LogP contribution in [-0.2, 0) is 0 Å². The summed E-state index contributed by atoms with van der Waals surface area (Å²) in [6.45, 7) is 2.48. The Morgan fingerprint density at radius 2 is 2.12 bits per heavy atom. The highest BCUT2D eigenvalue weighted by Crippen LogP contribution is 2.40. The molecule has 0 saturated carbocycles. The summed E-state index contributed by atoms with van der Waals surface area (Å²) in [6, 6.07) is 8.91. The predicted octanol–water partition coefficient (Wildman–Crippen LogP) is 2.83. The lowest BCUT2D eigenvalue weighted by Gasteiger charge is -2.27. The van der Waals surface area contributed by atoms with Crippen LogP contribution in [0.4, 0.5) is 0 Å². The van der Waals surface area contributed by atoms with Crippen LogP contribution in [0.15, 0.2) is 29.2 Å². The maximum atomic E-state index is 3.34. The summed E-state index contributed by atoms with van der Waals surface area (Å²) in [5, 5.41) is 3.34. The molecule has 16 heavy (non-hydrogen) atoms. The summed E-state index contributed by atoms with van der Waals surface area (Å²) in [7, 11) is 0. The molecule has 0 spiro atoms. The van der Waals surface area contributed by atoms with Crippen molar-refractivity contribution in [3.05, 3.63) is 29.8 Å². The number of fused-ring (bicyclic) bond motifs is 1. The molecule has 3 rings (SSSR count). The van der Waals surface area contributed by atoms with Gasteiger partial charge in [-0.15, -0.1) is 11.8 Å². The molecule has 2 aliphatic heterocycles. The normalized spacial score (nSPS) is 24.1. The van der Waals surface area contributed by atoms with E-state index in [0.717, 1.165) is 11.8 Å². The third-order valence-corrected chi connectivity index (χ3v) is 5.93. The molecule has 0 aliphatic carbocycles. The first-order chi connectivity index (χ1) is 7.93. The molecule has 2 aliphatic rings. The van der Waals surface area contributed by atoms with E-state index in [1.807, 2.05) is 11.8 Å². The highest BCUT2D eigenvalue weighted by molar-refractivity contribution is 8.00. The Bertz CT molecular complexity index is 363. The molecule has 1 atom stereocenters. The maximum Gasteiger partial charge on any atom is 0.0108 e. The molecular weight excluding hydrogens is 234 g/mol. The van der Waals surface area contributed by atoms with E-state index in [1.54, 1.807) is 5.56 Å². The Hall–Kier alpha value is -0.120. The van der Waals surface area contributed by atoms with Gasteiger partial charge in [0.25, 0.3) is 0 Å². The lowest BCUT2D eigenvalue weighted by atomic mass is 10.0. The standard InChI is InChI=1S/C13H17NS2/c1-2-4-13-12(3-1)11(9-16-13)8-15-7-10-5-14-6-10/h1-4,10-11,14H,5-9H2. The van der Waals surface area contributed by atoms with Crippen LogP contribution < -0.4 is 5.32 Å².